The molecule has 0 aromatic carbocycles. The summed E-state index contributed by atoms with van der Waals surface area (Å²) in [5.74, 6) is 0. The first-order valence-corrected chi connectivity index (χ1v) is 6.39. The van der Waals surface area contributed by atoms with Crippen molar-refractivity contribution in [1.82, 2.24) is 5.32 Å². The fraction of sp³-hybridized carbons (Fsp3) is 1.00. The van der Waals surface area contributed by atoms with Crippen LogP contribution in [0.2, 0.25) is 0 Å². The SMILES string of the molecule is CCCNC(COC1CCC1)C(C)(C)C. The standard InChI is InChI=1S/C13H27NO/c1-5-9-14-12(13(2,3)4)10-15-11-7-6-8-11/h11-12,14H,5-10H2,1-4H3. The van der Waals surface area contributed by atoms with Gasteiger partial charge in [-0.2, -0.15) is 0 Å². The number of rotatable bonds is 6. The first-order valence-electron chi connectivity index (χ1n) is 6.39. The van der Waals surface area contributed by atoms with Gasteiger partial charge in [-0.3, -0.25) is 0 Å². The van der Waals surface area contributed by atoms with E-state index in [9.17, 15) is 0 Å². The van der Waals surface area contributed by atoms with Crippen molar-refractivity contribution in [1.29, 1.82) is 0 Å². The van der Waals surface area contributed by atoms with Gasteiger partial charge in [-0.1, -0.05) is 27.7 Å². The van der Waals surface area contributed by atoms with Crippen molar-refractivity contribution in [3.8, 4) is 0 Å². The highest BCUT2D eigenvalue weighted by Crippen LogP contribution is 2.25. The lowest BCUT2D eigenvalue weighted by Gasteiger charge is -2.34. The molecule has 0 spiro atoms. The highest BCUT2D eigenvalue weighted by atomic mass is 16.5. The second-order valence-electron chi connectivity index (χ2n) is 5.76. The first-order chi connectivity index (χ1) is 7.04. The van der Waals surface area contributed by atoms with Crippen LogP contribution < -0.4 is 5.32 Å². The minimum absolute atomic E-state index is 0.291. The maximum absolute atomic E-state index is 5.90. The summed E-state index contributed by atoms with van der Waals surface area (Å²) < 4.78 is 5.90. The summed E-state index contributed by atoms with van der Waals surface area (Å²) in [4.78, 5) is 0. The molecule has 90 valence electrons. The van der Waals surface area contributed by atoms with Crippen molar-refractivity contribution in [2.45, 2.75) is 65.5 Å². The number of hydrogen-bond donors (Lipinski definition) is 1. The van der Waals surface area contributed by atoms with E-state index in [0.29, 0.717) is 17.6 Å². The Morgan fingerprint density at radius 1 is 1.33 bits per heavy atom. The molecular weight excluding hydrogens is 186 g/mol. The minimum atomic E-state index is 0.291. The van der Waals surface area contributed by atoms with Crippen molar-refractivity contribution in [3.05, 3.63) is 0 Å². The van der Waals surface area contributed by atoms with Gasteiger partial charge in [0.25, 0.3) is 0 Å². The smallest absolute Gasteiger partial charge is 0.0628 e. The van der Waals surface area contributed by atoms with Gasteiger partial charge < -0.3 is 10.1 Å². The molecule has 1 aliphatic rings. The van der Waals surface area contributed by atoms with Crippen LogP contribution in [0.4, 0.5) is 0 Å². The van der Waals surface area contributed by atoms with Crippen molar-refractivity contribution in [2.24, 2.45) is 5.41 Å². The summed E-state index contributed by atoms with van der Waals surface area (Å²) in [7, 11) is 0. The van der Waals surface area contributed by atoms with E-state index in [-0.39, 0.29) is 0 Å². The van der Waals surface area contributed by atoms with Crippen LogP contribution in [0.1, 0.15) is 53.4 Å². The summed E-state index contributed by atoms with van der Waals surface area (Å²) >= 11 is 0. The predicted octanol–water partition coefficient (Wildman–Crippen LogP) is 2.97. The van der Waals surface area contributed by atoms with Crippen LogP contribution in [-0.4, -0.2) is 25.3 Å². The molecule has 1 aliphatic carbocycles. The summed E-state index contributed by atoms with van der Waals surface area (Å²) in [5.41, 5.74) is 0.291. The zero-order valence-corrected chi connectivity index (χ0v) is 10.8. The second kappa shape index (κ2) is 5.86. The van der Waals surface area contributed by atoms with Gasteiger partial charge in [-0.25, -0.2) is 0 Å². The van der Waals surface area contributed by atoms with Crippen LogP contribution >= 0.6 is 0 Å². The van der Waals surface area contributed by atoms with Crippen LogP contribution in [-0.2, 0) is 4.74 Å². The summed E-state index contributed by atoms with van der Waals surface area (Å²) in [6.45, 7) is 11.0. The van der Waals surface area contributed by atoms with E-state index in [1.165, 1.54) is 25.7 Å². The summed E-state index contributed by atoms with van der Waals surface area (Å²) in [5, 5.41) is 3.59. The minimum Gasteiger partial charge on any atom is -0.377 e. The lowest BCUT2D eigenvalue weighted by Crippen LogP contribution is -2.45. The van der Waals surface area contributed by atoms with Crippen molar-refractivity contribution >= 4 is 0 Å². The monoisotopic (exact) mass is 213 g/mol. The predicted molar refractivity (Wildman–Crippen MR) is 65.1 cm³/mol. The third-order valence-electron chi connectivity index (χ3n) is 3.24. The Hall–Kier alpha value is -0.0800. The van der Waals surface area contributed by atoms with Gasteiger partial charge in [0.1, 0.15) is 0 Å². The normalized spacial score (nSPS) is 20.0. The molecule has 1 saturated carbocycles. The van der Waals surface area contributed by atoms with Crippen LogP contribution in [0.5, 0.6) is 0 Å². The Morgan fingerprint density at radius 2 is 2.00 bits per heavy atom. The highest BCUT2D eigenvalue weighted by Gasteiger charge is 2.26. The fourth-order valence-electron chi connectivity index (χ4n) is 1.70. The molecule has 0 radical (unpaired) electrons. The lowest BCUT2D eigenvalue weighted by molar-refractivity contribution is -0.0228. The number of nitrogens with one attached hydrogen (secondary N) is 1. The molecule has 1 unspecified atom stereocenters. The Morgan fingerprint density at radius 3 is 2.40 bits per heavy atom. The molecular formula is C13H27NO. The first kappa shape index (κ1) is 13.0. The Bertz CT molecular complexity index is 170. The molecule has 1 atom stereocenters. The lowest BCUT2D eigenvalue weighted by atomic mass is 9.87. The largest absolute Gasteiger partial charge is 0.377 e. The third-order valence-corrected chi connectivity index (χ3v) is 3.24. The molecule has 0 aromatic heterocycles. The zero-order chi connectivity index (χ0) is 11.3. The molecule has 0 heterocycles. The third kappa shape index (κ3) is 4.52. The zero-order valence-electron chi connectivity index (χ0n) is 10.8. The van der Waals surface area contributed by atoms with Crippen LogP contribution in [0.15, 0.2) is 0 Å². The van der Waals surface area contributed by atoms with E-state index in [1.807, 2.05) is 0 Å². The maximum atomic E-state index is 5.90. The van der Waals surface area contributed by atoms with E-state index < -0.39 is 0 Å². The van der Waals surface area contributed by atoms with Gasteiger partial charge in [-0.15, -0.1) is 0 Å². The Labute approximate surface area is 94.8 Å². The van der Waals surface area contributed by atoms with Gasteiger partial charge in [0.15, 0.2) is 0 Å². The molecule has 1 rings (SSSR count). The van der Waals surface area contributed by atoms with Gasteiger partial charge >= 0.3 is 0 Å². The molecule has 2 nitrogen and oxygen atoms in total. The average molecular weight is 213 g/mol. The van der Waals surface area contributed by atoms with Crippen LogP contribution in [0.25, 0.3) is 0 Å². The van der Waals surface area contributed by atoms with Crippen LogP contribution in [0, 0.1) is 5.41 Å². The van der Waals surface area contributed by atoms with Crippen molar-refractivity contribution in [3.63, 3.8) is 0 Å². The molecule has 0 bridgehead atoms. The quantitative estimate of drug-likeness (QED) is 0.732. The fourth-order valence-corrected chi connectivity index (χ4v) is 1.70. The van der Waals surface area contributed by atoms with Crippen LogP contribution in [0.3, 0.4) is 0 Å². The average Bonchev–Trinajstić information content (AvgIpc) is 2.05. The molecule has 0 amide bonds. The summed E-state index contributed by atoms with van der Waals surface area (Å²) in [6, 6.07) is 0.484. The van der Waals surface area contributed by atoms with E-state index in [2.05, 4.69) is 33.0 Å². The molecule has 15 heavy (non-hydrogen) atoms. The highest BCUT2D eigenvalue weighted by molar-refractivity contribution is 4.81. The van der Waals surface area contributed by atoms with Gasteiger partial charge in [0.05, 0.1) is 12.7 Å². The second-order valence-corrected chi connectivity index (χ2v) is 5.76. The number of ether oxygens (including phenoxy) is 1. The van der Waals surface area contributed by atoms with E-state index >= 15 is 0 Å². The van der Waals surface area contributed by atoms with Gasteiger partial charge in [-0.05, 0) is 37.6 Å². The van der Waals surface area contributed by atoms with Crippen molar-refractivity contribution in [2.75, 3.05) is 13.2 Å². The molecule has 0 aliphatic heterocycles. The Kier molecular flexibility index (Phi) is 5.07. The van der Waals surface area contributed by atoms with E-state index in [4.69, 9.17) is 4.74 Å². The topological polar surface area (TPSA) is 21.3 Å². The number of hydrogen-bond acceptors (Lipinski definition) is 2. The van der Waals surface area contributed by atoms with E-state index in [0.717, 1.165) is 13.2 Å². The Balaban J connectivity index is 2.27. The molecule has 0 aromatic rings. The molecule has 0 saturated heterocycles. The molecule has 2 heteroatoms. The maximum Gasteiger partial charge on any atom is 0.0628 e. The van der Waals surface area contributed by atoms with Gasteiger partial charge in [0, 0.05) is 6.04 Å². The van der Waals surface area contributed by atoms with Gasteiger partial charge in [0.2, 0.25) is 0 Å². The van der Waals surface area contributed by atoms with E-state index in [1.54, 1.807) is 0 Å². The molecule has 1 N–H and O–H groups in total. The molecule has 1 fully saturated rings. The summed E-state index contributed by atoms with van der Waals surface area (Å²) in [6.07, 6.45) is 5.64. The van der Waals surface area contributed by atoms with Crippen molar-refractivity contribution < 1.29 is 4.74 Å².